The number of ether oxygens (including phenoxy) is 1. The SMILES string of the molecule is COc1ccc(F)cc1S(=O)(=O)Nc1ccc(Nc2ccc(-n3cccn3)nn2)cc1. The quantitative estimate of drug-likeness (QED) is 0.453. The molecular weight excluding hydrogens is 423 g/mol. The van der Waals surface area contributed by atoms with E-state index in [1.54, 1.807) is 59.5 Å². The summed E-state index contributed by atoms with van der Waals surface area (Å²) < 4.78 is 47.9. The molecule has 2 aromatic carbocycles. The van der Waals surface area contributed by atoms with Crippen LogP contribution >= 0.6 is 0 Å². The zero-order valence-electron chi connectivity index (χ0n) is 16.2. The molecule has 0 radical (unpaired) electrons. The predicted molar refractivity (Wildman–Crippen MR) is 113 cm³/mol. The Bertz CT molecular complexity index is 1280. The Kier molecular flexibility index (Phi) is 5.50. The fourth-order valence-corrected chi connectivity index (χ4v) is 4.00. The molecule has 2 N–H and O–H groups in total. The second-order valence-corrected chi connectivity index (χ2v) is 7.98. The molecule has 0 unspecified atom stereocenters. The van der Waals surface area contributed by atoms with Gasteiger partial charge in [-0.15, -0.1) is 10.2 Å². The first-order valence-electron chi connectivity index (χ1n) is 9.02. The Morgan fingerprint density at radius 1 is 1.00 bits per heavy atom. The van der Waals surface area contributed by atoms with Gasteiger partial charge in [0.2, 0.25) is 0 Å². The minimum Gasteiger partial charge on any atom is -0.495 e. The summed E-state index contributed by atoms with van der Waals surface area (Å²) in [6.07, 6.45) is 3.41. The van der Waals surface area contributed by atoms with E-state index < -0.39 is 15.8 Å². The van der Waals surface area contributed by atoms with Crippen LogP contribution in [0, 0.1) is 5.82 Å². The third-order valence-corrected chi connectivity index (χ3v) is 5.62. The van der Waals surface area contributed by atoms with Crippen LogP contribution in [0.2, 0.25) is 0 Å². The highest BCUT2D eigenvalue weighted by atomic mass is 32.2. The highest BCUT2D eigenvalue weighted by Gasteiger charge is 2.20. The van der Waals surface area contributed by atoms with Crippen LogP contribution in [0.5, 0.6) is 5.75 Å². The van der Waals surface area contributed by atoms with E-state index in [1.165, 1.54) is 13.2 Å². The van der Waals surface area contributed by atoms with Gasteiger partial charge in [-0.05, 0) is 60.7 Å². The zero-order chi connectivity index (χ0) is 21.8. The molecule has 4 rings (SSSR count). The molecule has 0 aliphatic rings. The molecule has 0 bridgehead atoms. The van der Waals surface area contributed by atoms with Crippen LogP contribution in [0.1, 0.15) is 0 Å². The fourth-order valence-electron chi connectivity index (χ4n) is 2.76. The van der Waals surface area contributed by atoms with E-state index in [1.807, 2.05) is 0 Å². The number of rotatable bonds is 7. The molecule has 0 atom stereocenters. The molecule has 0 fully saturated rings. The average Bonchev–Trinajstić information content (AvgIpc) is 3.30. The third-order valence-electron chi connectivity index (χ3n) is 4.21. The predicted octanol–water partition coefficient (Wildman–Crippen LogP) is 3.35. The standard InChI is InChI=1S/C20H17FN6O3S/c1-30-17-8-3-14(21)13-18(17)31(28,29)26-16-6-4-15(5-7-16)23-19-9-10-20(25-24-19)27-12-2-11-22-27/h2-13,26H,1H3,(H,23,24). The molecule has 0 aliphatic heterocycles. The number of hydrogen-bond donors (Lipinski definition) is 2. The topological polar surface area (TPSA) is 111 Å². The van der Waals surface area contributed by atoms with E-state index in [9.17, 15) is 12.8 Å². The average molecular weight is 440 g/mol. The number of methoxy groups -OCH3 is 1. The van der Waals surface area contributed by atoms with Crippen molar-refractivity contribution in [3.63, 3.8) is 0 Å². The summed E-state index contributed by atoms with van der Waals surface area (Å²) in [5, 5.41) is 15.3. The van der Waals surface area contributed by atoms with E-state index in [2.05, 4.69) is 25.3 Å². The summed E-state index contributed by atoms with van der Waals surface area (Å²) >= 11 is 0. The van der Waals surface area contributed by atoms with Gasteiger partial charge in [0.05, 0.1) is 7.11 Å². The van der Waals surface area contributed by atoms with E-state index in [4.69, 9.17) is 4.74 Å². The van der Waals surface area contributed by atoms with Gasteiger partial charge in [0.15, 0.2) is 11.6 Å². The first-order valence-corrected chi connectivity index (χ1v) is 10.5. The van der Waals surface area contributed by atoms with Crippen molar-refractivity contribution in [2.45, 2.75) is 4.90 Å². The first kappa shape index (κ1) is 20.3. The van der Waals surface area contributed by atoms with Gasteiger partial charge < -0.3 is 10.1 Å². The van der Waals surface area contributed by atoms with Crippen LogP contribution in [0.4, 0.5) is 21.6 Å². The zero-order valence-corrected chi connectivity index (χ0v) is 17.0. The van der Waals surface area contributed by atoms with Crippen LogP contribution in [0.3, 0.4) is 0 Å². The van der Waals surface area contributed by atoms with Gasteiger partial charge in [-0.3, -0.25) is 4.72 Å². The van der Waals surface area contributed by atoms with Gasteiger partial charge in [0.25, 0.3) is 10.0 Å². The lowest BCUT2D eigenvalue weighted by atomic mass is 10.3. The number of nitrogens with zero attached hydrogens (tertiary/aromatic N) is 4. The Hall–Kier alpha value is -3.99. The van der Waals surface area contributed by atoms with Crippen LogP contribution in [-0.4, -0.2) is 35.5 Å². The molecule has 0 saturated heterocycles. The van der Waals surface area contributed by atoms with E-state index >= 15 is 0 Å². The van der Waals surface area contributed by atoms with Crippen LogP contribution in [-0.2, 0) is 10.0 Å². The molecule has 0 spiro atoms. The maximum Gasteiger partial charge on any atom is 0.265 e. The maximum absolute atomic E-state index is 13.5. The smallest absolute Gasteiger partial charge is 0.265 e. The molecule has 9 nitrogen and oxygen atoms in total. The van der Waals surface area contributed by atoms with Gasteiger partial charge in [0, 0.05) is 23.8 Å². The van der Waals surface area contributed by atoms with Crippen molar-refractivity contribution in [2.24, 2.45) is 0 Å². The largest absolute Gasteiger partial charge is 0.495 e. The lowest BCUT2D eigenvalue weighted by Crippen LogP contribution is -2.14. The van der Waals surface area contributed by atoms with Gasteiger partial charge in [-0.25, -0.2) is 17.5 Å². The van der Waals surface area contributed by atoms with E-state index in [0.29, 0.717) is 23.0 Å². The van der Waals surface area contributed by atoms with Crippen molar-refractivity contribution in [1.82, 2.24) is 20.0 Å². The number of benzene rings is 2. The molecule has 0 amide bonds. The molecule has 11 heteroatoms. The summed E-state index contributed by atoms with van der Waals surface area (Å²) in [5.74, 6) is 0.451. The summed E-state index contributed by atoms with van der Waals surface area (Å²) in [5.41, 5.74) is 0.976. The molecule has 2 heterocycles. The van der Waals surface area contributed by atoms with Crippen molar-refractivity contribution >= 4 is 27.2 Å². The lowest BCUT2D eigenvalue weighted by molar-refractivity contribution is 0.401. The Balaban J connectivity index is 1.46. The van der Waals surface area contributed by atoms with Gasteiger partial charge >= 0.3 is 0 Å². The van der Waals surface area contributed by atoms with Gasteiger partial charge in [-0.1, -0.05) is 0 Å². The van der Waals surface area contributed by atoms with Crippen molar-refractivity contribution < 1.29 is 17.5 Å². The summed E-state index contributed by atoms with van der Waals surface area (Å²) in [6, 6.07) is 15.1. The summed E-state index contributed by atoms with van der Waals surface area (Å²) in [4.78, 5) is -0.287. The molecular formula is C20H17FN6O3S. The number of aromatic nitrogens is 4. The number of nitrogens with one attached hydrogen (secondary N) is 2. The number of sulfonamides is 1. The Morgan fingerprint density at radius 2 is 1.77 bits per heavy atom. The van der Waals surface area contributed by atoms with E-state index in [0.717, 1.165) is 12.1 Å². The molecule has 0 aliphatic carbocycles. The highest BCUT2D eigenvalue weighted by Crippen LogP contribution is 2.27. The normalized spacial score (nSPS) is 11.2. The summed E-state index contributed by atoms with van der Waals surface area (Å²) in [7, 11) is -2.73. The van der Waals surface area contributed by atoms with Crippen LogP contribution in [0.25, 0.3) is 5.82 Å². The van der Waals surface area contributed by atoms with Crippen molar-refractivity contribution in [2.75, 3.05) is 17.1 Å². The highest BCUT2D eigenvalue weighted by molar-refractivity contribution is 7.92. The number of hydrogen-bond acceptors (Lipinski definition) is 7. The Morgan fingerprint density at radius 3 is 2.42 bits per heavy atom. The van der Waals surface area contributed by atoms with E-state index in [-0.39, 0.29) is 10.6 Å². The molecule has 158 valence electrons. The van der Waals surface area contributed by atoms with Crippen LogP contribution in [0.15, 0.2) is 78.0 Å². The van der Waals surface area contributed by atoms with Gasteiger partial charge in [-0.2, -0.15) is 5.10 Å². The fraction of sp³-hybridized carbons (Fsp3) is 0.0500. The minimum atomic E-state index is -4.04. The monoisotopic (exact) mass is 440 g/mol. The molecule has 31 heavy (non-hydrogen) atoms. The first-order chi connectivity index (χ1) is 14.9. The number of halogens is 1. The van der Waals surface area contributed by atoms with Crippen molar-refractivity contribution in [1.29, 1.82) is 0 Å². The van der Waals surface area contributed by atoms with Crippen molar-refractivity contribution in [3.8, 4) is 11.6 Å². The lowest BCUT2D eigenvalue weighted by Gasteiger charge is -2.12. The molecule has 4 aromatic rings. The number of anilines is 3. The second kappa shape index (κ2) is 8.40. The van der Waals surface area contributed by atoms with Crippen molar-refractivity contribution in [3.05, 3.63) is 78.9 Å². The minimum absolute atomic E-state index is 0.0457. The molecule has 0 saturated carbocycles. The van der Waals surface area contributed by atoms with Crippen LogP contribution < -0.4 is 14.8 Å². The molecule has 2 aromatic heterocycles. The maximum atomic E-state index is 13.5. The Labute approximate surface area is 177 Å². The van der Waals surface area contributed by atoms with Gasteiger partial charge in [0.1, 0.15) is 16.5 Å². The third kappa shape index (κ3) is 4.61. The summed E-state index contributed by atoms with van der Waals surface area (Å²) in [6.45, 7) is 0. The second-order valence-electron chi connectivity index (χ2n) is 6.33.